The Kier molecular flexibility index (Phi) is 9.28. The van der Waals surface area contributed by atoms with Gasteiger partial charge in [0.2, 0.25) is 5.91 Å². The molecule has 0 unspecified atom stereocenters. The first-order chi connectivity index (χ1) is 12.4. The minimum Gasteiger partial charge on any atom is -0.355 e. The molecule has 0 bridgehead atoms. The fourth-order valence-electron chi connectivity index (χ4n) is 2.44. The number of para-hydroxylation sites is 1. The quantitative estimate of drug-likeness (QED) is 0.621. The molecular formula is C19H26ClN3O3S. The lowest BCUT2D eigenvalue weighted by Gasteiger charge is -2.24. The van der Waals surface area contributed by atoms with Crippen LogP contribution in [0.4, 0.5) is 5.69 Å². The molecule has 27 heavy (non-hydrogen) atoms. The largest absolute Gasteiger partial charge is 0.355 e. The molecule has 0 saturated carbocycles. The Hall–Kier alpha value is -2.09. The van der Waals surface area contributed by atoms with Crippen molar-refractivity contribution in [3.05, 3.63) is 60.2 Å². The van der Waals surface area contributed by atoms with Crippen molar-refractivity contribution in [2.45, 2.75) is 18.2 Å². The first kappa shape index (κ1) is 23.0. The number of sulfonamides is 1. The van der Waals surface area contributed by atoms with Gasteiger partial charge in [-0.3, -0.25) is 9.10 Å². The number of benzene rings is 2. The van der Waals surface area contributed by atoms with Crippen LogP contribution in [0.25, 0.3) is 0 Å². The van der Waals surface area contributed by atoms with Crippen molar-refractivity contribution in [1.82, 2.24) is 10.6 Å². The summed E-state index contributed by atoms with van der Waals surface area (Å²) in [5, 5.41) is 5.71. The second kappa shape index (κ2) is 10.9. The van der Waals surface area contributed by atoms with Crippen LogP contribution in [-0.4, -0.2) is 41.0 Å². The summed E-state index contributed by atoms with van der Waals surface area (Å²) in [7, 11) is -1.95. The second-order valence-corrected chi connectivity index (χ2v) is 7.79. The third-order valence-corrected chi connectivity index (χ3v) is 5.73. The Morgan fingerprint density at radius 3 is 2.22 bits per heavy atom. The maximum absolute atomic E-state index is 13.1. The van der Waals surface area contributed by atoms with Gasteiger partial charge in [0.25, 0.3) is 10.0 Å². The van der Waals surface area contributed by atoms with Crippen LogP contribution in [0.5, 0.6) is 0 Å². The predicted molar refractivity (Wildman–Crippen MR) is 111 cm³/mol. The molecule has 1 amide bonds. The Balaban J connectivity index is 0.00000364. The van der Waals surface area contributed by atoms with E-state index in [1.165, 1.54) is 4.31 Å². The lowest BCUT2D eigenvalue weighted by molar-refractivity contribution is -0.120. The van der Waals surface area contributed by atoms with Crippen LogP contribution in [-0.2, 0) is 14.8 Å². The first-order valence-electron chi connectivity index (χ1n) is 8.51. The standard InChI is InChI=1S/C19H25N3O3S.ClH/c1-16-8-10-18(11-9-16)26(24,25)22(17-6-4-3-5-7-17)15-12-19(23)21-14-13-20-2;/h3-11,20H,12-15H2,1-2H3,(H,21,23);1H. The van der Waals surface area contributed by atoms with Crippen LogP contribution >= 0.6 is 12.4 Å². The summed E-state index contributed by atoms with van der Waals surface area (Å²) in [6, 6.07) is 15.5. The number of likely N-dealkylation sites (N-methyl/N-ethyl adjacent to an activating group) is 1. The Labute approximate surface area is 167 Å². The van der Waals surface area contributed by atoms with Gasteiger partial charge >= 0.3 is 0 Å². The number of nitrogens with one attached hydrogen (secondary N) is 2. The van der Waals surface area contributed by atoms with Gasteiger partial charge in [0.05, 0.1) is 10.6 Å². The summed E-state index contributed by atoms with van der Waals surface area (Å²) < 4.78 is 27.5. The highest BCUT2D eigenvalue weighted by molar-refractivity contribution is 7.92. The molecule has 2 rings (SSSR count). The summed E-state index contributed by atoms with van der Waals surface area (Å²) in [4.78, 5) is 12.2. The fourth-order valence-corrected chi connectivity index (χ4v) is 3.90. The van der Waals surface area contributed by atoms with E-state index < -0.39 is 10.0 Å². The Bertz CT molecular complexity index is 812. The smallest absolute Gasteiger partial charge is 0.264 e. The molecule has 0 saturated heterocycles. The van der Waals surface area contributed by atoms with Crippen LogP contribution in [0, 0.1) is 6.92 Å². The van der Waals surface area contributed by atoms with Crippen molar-refractivity contribution in [3.8, 4) is 0 Å². The number of carbonyl (C=O) groups is 1. The minimum absolute atomic E-state index is 0. The molecule has 2 aromatic rings. The summed E-state index contributed by atoms with van der Waals surface area (Å²) in [5.74, 6) is -0.180. The Morgan fingerprint density at radius 2 is 1.63 bits per heavy atom. The number of hydrogen-bond acceptors (Lipinski definition) is 4. The number of hydrogen-bond donors (Lipinski definition) is 2. The molecule has 6 nitrogen and oxygen atoms in total. The molecule has 0 aromatic heterocycles. The predicted octanol–water partition coefficient (Wildman–Crippen LogP) is 2.34. The molecular weight excluding hydrogens is 386 g/mol. The summed E-state index contributed by atoms with van der Waals surface area (Å²) in [5.41, 5.74) is 1.52. The molecule has 0 aliphatic rings. The number of amides is 1. The van der Waals surface area contributed by atoms with Crippen molar-refractivity contribution in [3.63, 3.8) is 0 Å². The molecule has 2 N–H and O–H groups in total. The molecule has 8 heteroatoms. The zero-order valence-corrected chi connectivity index (χ0v) is 17.1. The normalized spacial score (nSPS) is 10.7. The van der Waals surface area contributed by atoms with Gasteiger partial charge < -0.3 is 10.6 Å². The molecule has 148 valence electrons. The molecule has 0 heterocycles. The SMILES string of the molecule is CNCCNC(=O)CCN(c1ccccc1)S(=O)(=O)c1ccc(C)cc1.Cl. The van der Waals surface area contributed by atoms with Crippen molar-refractivity contribution < 1.29 is 13.2 Å². The van der Waals surface area contributed by atoms with Crippen LogP contribution in [0.15, 0.2) is 59.5 Å². The van der Waals surface area contributed by atoms with Crippen molar-refractivity contribution in [2.75, 3.05) is 31.0 Å². The molecule has 0 aliphatic heterocycles. The summed E-state index contributed by atoms with van der Waals surface area (Å²) in [6.07, 6.45) is 0.0870. The average molecular weight is 412 g/mol. The van der Waals surface area contributed by atoms with Gasteiger partial charge in [0, 0.05) is 26.1 Å². The minimum atomic E-state index is -3.75. The van der Waals surface area contributed by atoms with Gasteiger partial charge in [-0.05, 0) is 38.2 Å². The number of aryl methyl sites for hydroxylation is 1. The van der Waals surface area contributed by atoms with E-state index in [2.05, 4.69) is 10.6 Å². The lowest BCUT2D eigenvalue weighted by atomic mass is 10.2. The number of rotatable bonds is 9. The third kappa shape index (κ3) is 6.53. The zero-order valence-electron chi connectivity index (χ0n) is 15.5. The van der Waals surface area contributed by atoms with Crippen LogP contribution in [0.1, 0.15) is 12.0 Å². The van der Waals surface area contributed by atoms with Gasteiger partial charge in [-0.15, -0.1) is 12.4 Å². The number of halogens is 1. The molecule has 0 aliphatic carbocycles. The van der Waals surface area contributed by atoms with Gasteiger partial charge in [0.1, 0.15) is 0 Å². The van der Waals surface area contributed by atoms with Gasteiger partial charge in [-0.25, -0.2) is 8.42 Å². The van der Waals surface area contributed by atoms with Crippen LogP contribution < -0.4 is 14.9 Å². The Morgan fingerprint density at radius 1 is 1.00 bits per heavy atom. The van der Waals surface area contributed by atoms with E-state index in [0.29, 0.717) is 18.8 Å². The van der Waals surface area contributed by atoms with E-state index in [1.807, 2.05) is 13.0 Å². The van der Waals surface area contributed by atoms with E-state index >= 15 is 0 Å². The van der Waals surface area contributed by atoms with Gasteiger partial charge in [0.15, 0.2) is 0 Å². The molecule has 0 fully saturated rings. The van der Waals surface area contributed by atoms with Crippen molar-refractivity contribution >= 4 is 34.0 Å². The first-order valence-corrected chi connectivity index (χ1v) is 9.95. The van der Waals surface area contributed by atoms with E-state index in [-0.39, 0.29) is 36.2 Å². The monoisotopic (exact) mass is 411 g/mol. The molecule has 2 aromatic carbocycles. The number of carbonyl (C=O) groups excluding carboxylic acids is 1. The van der Waals surface area contributed by atoms with E-state index in [9.17, 15) is 13.2 Å². The van der Waals surface area contributed by atoms with Crippen LogP contribution in [0.3, 0.4) is 0 Å². The highest BCUT2D eigenvalue weighted by Gasteiger charge is 2.25. The lowest BCUT2D eigenvalue weighted by Crippen LogP contribution is -2.36. The van der Waals surface area contributed by atoms with E-state index in [0.717, 1.165) is 5.56 Å². The molecule has 0 atom stereocenters. The highest BCUT2D eigenvalue weighted by Crippen LogP contribution is 2.24. The van der Waals surface area contributed by atoms with E-state index in [1.54, 1.807) is 55.6 Å². The number of anilines is 1. The molecule has 0 spiro atoms. The average Bonchev–Trinajstić information content (AvgIpc) is 2.63. The van der Waals surface area contributed by atoms with Crippen LogP contribution in [0.2, 0.25) is 0 Å². The van der Waals surface area contributed by atoms with Gasteiger partial charge in [-0.1, -0.05) is 35.9 Å². The maximum atomic E-state index is 13.1. The topological polar surface area (TPSA) is 78.5 Å². The molecule has 0 radical (unpaired) electrons. The summed E-state index contributed by atoms with van der Waals surface area (Å²) in [6.45, 7) is 3.15. The fraction of sp³-hybridized carbons (Fsp3) is 0.316. The van der Waals surface area contributed by atoms with Crippen molar-refractivity contribution in [2.24, 2.45) is 0 Å². The van der Waals surface area contributed by atoms with E-state index in [4.69, 9.17) is 0 Å². The summed E-state index contributed by atoms with van der Waals surface area (Å²) >= 11 is 0. The second-order valence-electron chi connectivity index (χ2n) is 5.93. The maximum Gasteiger partial charge on any atom is 0.264 e. The highest BCUT2D eigenvalue weighted by atomic mass is 35.5. The number of nitrogens with zero attached hydrogens (tertiary/aromatic N) is 1. The zero-order chi connectivity index (χ0) is 19.0. The third-order valence-electron chi connectivity index (χ3n) is 3.89. The van der Waals surface area contributed by atoms with Gasteiger partial charge in [-0.2, -0.15) is 0 Å². The van der Waals surface area contributed by atoms with Crippen molar-refractivity contribution in [1.29, 1.82) is 0 Å².